The topological polar surface area (TPSA) is 83.6 Å². The van der Waals surface area contributed by atoms with E-state index in [1.807, 2.05) is 19.9 Å². The van der Waals surface area contributed by atoms with Gasteiger partial charge in [0, 0.05) is 36.9 Å². The van der Waals surface area contributed by atoms with Crippen LogP contribution in [0, 0.1) is 5.82 Å². The van der Waals surface area contributed by atoms with Crippen LogP contribution in [0.5, 0.6) is 5.75 Å². The van der Waals surface area contributed by atoms with Crippen molar-refractivity contribution in [2.24, 2.45) is 0 Å². The van der Waals surface area contributed by atoms with E-state index in [1.54, 1.807) is 26.1 Å². The van der Waals surface area contributed by atoms with Crippen LogP contribution < -0.4 is 20.3 Å². The second-order valence-electron chi connectivity index (χ2n) is 10.1. The highest BCUT2D eigenvalue weighted by Gasteiger charge is 2.35. The third-order valence-corrected chi connectivity index (χ3v) is 6.50. The monoisotopic (exact) mass is 518 g/mol. The highest BCUT2D eigenvalue weighted by molar-refractivity contribution is 6.30. The van der Waals surface area contributed by atoms with Crippen molar-refractivity contribution in [3.63, 3.8) is 0 Å². The molecule has 36 heavy (non-hydrogen) atoms. The van der Waals surface area contributed by atoms with E-state index in [4.69, 9.17) is 16.3 Å². The van der Waals surface area contributed by atoms with Crippen molar-refractivity contribution in [1.82, 2.24) is 15.6 Å². The zero-order valence-corrected chi connectivity index (χ0v) is 22.4. The molecular weight excluding hydrogens is 483 g/mol. The lowest BCUT2D eigenvalue weighted by molar-refractivity contribution is -0.135. The summed E-state index contributed by atoms with van der Waals surface area (Å²) in [7, 11) is 0. The average Bonchev–Trinajstić information content (AvgIpc) is 2.81. The van der Waals surface area contributed by atoms with E-state index < -0.39 is 11.4 Å². The number of hydrogen-bond acceptors (Lipinski definition) is 5. The quantitative estimate of drug-likeness (QED) is 0.481. The summed E-state index contributed by atoms with van der Waals surface area (Å²) in [5, 5.41) is 5.96. The lowest BCUT2D eigenvalue weighted by Crippen LogP contribution is -2.55. The Kier molecular flexibility index (Phi) is 9.17. The maximum absolute atomic E-state index is 13.5. The van der Waals surface area contributed by atoms with Gasteiger partial charge in [-0.15, -0.1) is 0 Å². The normalized spacial score (nSPS) is 18.2. The fourth-order valence-electron chi connectivity index (χ4n) is 4.37. The summed E-state index contributed by atoms with van der Waals surface area (Å²) in [6.45, 7) is 10.1. The molecule has 0 spiro atoms. The minimum absolute atomic E-state index is 0.0129. The number of hydrogen-bond donors (Lipinski definition) is 2. The summed E-state index contributed by atoms with van der Waals surface area (Å²) in [6.07, 6.45) is 5.09. The number of pyridine rings is 1. The summed E-state index contributed by atoms with van der Waals surface area (Å²) < 4.78 is 19.3. The van der Waals surface area contributed by atoms with Crippen LogP contribution in [0.25, 0.3) is 0 Å². The molecule has 0 saturated carbocycles. The van der Waals surface area contributed by atoms with Crippen LogP contribution in [-0.4, -0.2) is 47.1 Å². The van der Waals surface area contributed by atoms with Crippen molar-refractivity contribution >= 4 is 29.2 Å². The number of aromatic nitrogens is 1. The van der Waals surface area contributed by atoms with Crippen LogP contribution >= 0.6 is 11.6 Å². The first kappa shape index (κ1) is 27.7. The van der Waals surface area contributed by atoms with E-state index in [0.29, 0.717) is 11.3 Å². The molecule has 1 aromatic carbocycles. The van der Waals surface area contributed by atoms with Gasteiger partial charge in [0.05, 0.1) is 10.6 Å². The fraction of sp³-hybridized carbons (Fsp3) is 0.519. The average molecular weight is 519 g/mol. The molecule has 2 amide bonds. The van der Waals surface area contributed by atoms with E-state index in [0.717, 1.165) is 38.0 Å². The van der Waals surface area contributed by atoms with E-state index in [-0.39, 0.29) is 35.0 Å². The molecule has 1 saturated heterocycles. The van der Waals surface area contributed by atoms with Gasteiger partial charge in [-0.1, -0.05) is 24.9 Å². The first-order valence-electron chi connectivity index (χ1n) is 12.5. The summed E-state index contributed by atoms with van der Waals surface area (Å²) >= 11 is 5.85. The zero-order chi connectivity index (χ0) is 26.5. The number of ether oxygens (including phenoxy) is 1. The standard InChI is InChI=1S/C27H36ClFN4O3/c1-6-7-20-14-19(32-26(35)27(4,5)36-21-9-10-23(29)22(28)15-21)12-13-33(20)24-11-8-18(16-30-24)25(34)31-17(2)3/h8-11,15-17,19-20H,6-7,12-14H2,1-5H3,(H,31,34)(H,32,35). The highest BCUT2D eigenvalue weighted by Crippen LogP contribution is 2.28. The lowest BCUT2D eigenvalue weighted by Gasteiger charge is -2.41. The van der Waals surface area contributed by atoms with Crippen LogP contribution in [0.1, 0.15) is 70.7 Å². The number of nitrogens with zero attached hydrogens (tertiary/aromatic N) is 2. The Morgan fingerprint density at radius 2 is 2.03 bits per heavy atom. The smallest absolute Gasteiger partial charge is 0.263 e. The number of anilines is 1. The summed E-state index contributed by atoms with van der Waals surface area (Å²) in [4.78, 5) is 32.2. The number of nitrogens with one attached hydrogen (secondary N) is 2. The number of rotatable bonds is 9. The van der Waals surface area contributed by atoms with Crippen LogP contribution in [0.2, 0.25) is 5.02 Å². The molecule has 1 aliphatic rings. The number of benzene rings is 1. The number of carbonyl (C=O) groups is 2. The summed E-state index contributed by atoms with van der Waals surface area (Å²) in [6, 6.07) is 7.99. The van der Waals surface area contributed by atoms with Crippen molar-refractivity contribution < 1.29 is 18.7 Å². The Bertz CT molecular complexity index is 1060. The molecule has 2 N–H and O–H groups in total. The minimum Gasteiger partial charge on any atom is -0.478 e. The van der Waals surface area contributed by atoms with E-state index >= 15 is 0 Å². The predicted molar refractivity (Wildman–Crippen MR) is 140 cm³/mol. The number of piperidine rings is 1. The molecule has 0 radical (unpaired) electrons. The van der Waals surface area contributed by atoms with Crippen LogP contribution in [0.4, 0.5) is 10.2 Å². The maximum atomic E-state index is 13.5. The Hall–Kier alpha value is -2.87. The molecule has 3 rings (SSSR count). The van der Waals surface area contributed by atoms with Gasteiger partial charge >= 0.3 is 0 Å². The van der Waals surface area contributed by atoms with Crippen LogP contribution in [0.3, 0.4) is 0 Å². The highest BCUT2D eigenvalue weighted by atomic mass is 35.5. The van der Waals surface area contributed by atoms with Crippen LogP contribution in [-0.2, 0) is 4.79 Å². The Balaban J connectivity index is 1.63. The fourth-order valence-corrected chi connectivity index (χ4v) is 4.54. The Morgan fingerprint density at radius 1 is 1.28 bits per heavy atom. The number of carbonyl (C=O) groups excluding carboxylic acids is 2. The van der Waals surface area contributed by atoms with Gasteiger partial charge in [-0.05, 0) is 71.2 Å². The largest absolute Gasteiger partial charge is 0.478 e. The third kappa shape index (κ3) is 7.09. The second-order valence-corrected chi connectivity index (χ2v) is 10.5. The molecule has 7 nitrogen and oxygen atoms in total. The Labute approximate surface area is 217 Å². The number of halogens is 2. The molecule has 2 aromatic rings. The predicted octanol–water partition coefficient (Wildman–Crippen LogP) is 5.12. The van der Waals surface area contributed by atoms with E-state index in [2.05, 4.69) is 27.4 Å². The molecule has 196 valence electrons. The van der Waals surface area contributed by atoms with Gasteiger partial charge in [-0.2, -0.15) is 0 Å². The van der Waals surface area contributed by atoms with Crippen molar-refractivity contribution in [1.29, 1.82) is 0 Å². The van der Waals surface area contributed by atoms with Gasteiger partial charge in [0.1, 0.15) is 17.4 Å². The first-order chi connectivity index (χ1) is 17.0. The molecule has 0 aliphatic carbocycles. The van der Waals surface area contributed by atoms with Crippen molar-refractivity contribution in [3.8, 4) is 5.75 Å². The summed E-state index contributed by atoms with van der Waals surface area (Å²) in [5.74, 6) is 0.245. The molecule has 1 fully saturated rings. The van der Waals surface area contributed by atoms with E-state index in [1.165, 1.54) is 18.2 Å². The molecular formula is C27H36ClFN4O3. The van der Waals surface area contributed by atoms with Crippen molar-refractivity contribution in [3.05, 3.63) is 52.9 Å². The Morgan fingerprint density at radius 3 is 2.64 bits per heavy atom. The first-order valence-corrected chi connectivity index (χ1v) is 12.9. The summed E-state index contributed by atoms with van der Waals surface area (Å²) in [5.41, 5.74) is -0.627. The van der Waals surface area contributed by atoms with E-state index in [9.17, 15) is 14.0 Å². The zero-order valence-electron chi connectivity index (χ0n) is 21.6. The molecule has 0 bridgehead atoms. The van der Waals surface area contributed by atoms with Gasteiger partial charge < -0.3 is 20.3 Å². The maximum Gasteiger partial charge on any atom is 0.263 e. The molecule has 2 heterocycles. The van der Waals surface area contributed by atoms with Crippen molar-refractivity contribution in [2.75, 3.05) is 11.4 Å². The minimum atomic E-state index is -1.16. The van der Waals surface area contributed by atoms with Gasteiger partial charge in [-0.3, -0.25) is 9.59 Å². The van der Waals surface area contributed by atoms with Crippen LogP contribution in [0.15, 0.2) is 36.5 Å². The molecule has 1 aliphatic heterocycles. The molecule has 2 unspecified atom stereocenters. The third-order valence-electron chi connectivity index (χ3n) is 6.21. The molecule has 2 atom stereocenters. The van der Waals surface area contributed by atoms with Gasteiger partial charge in [0.25, 0.3) is 11.8 Å². The lowest BCUT2D eigenvalue weighted by atomic mass is 9.93. The van der Waals surface area contributed by atoms with Gasteiger partial charge in [0.15, 0.2) is 5.60 Å². The van der Waals surface area contributed by atoms with Gasteiger partial charge in [-0.25, -0.2) is 9.37 Å². The van der Waals surface area contributed by atoms with Crippen molar-refractivity contribution in [2.45, 2.75) is 84.0 Å². The number of amides is 2. The molecule has 1 aromatic heterocycles. The SMILES string of the molecule is CCCC1CC(NC(=O)C(C)(C)Oc2ccc(F)c(Cl)c2)CCN1c1ccc(C(=O)NC(C)C)cn1. The molecule has 9 heteroatoms. The van der Waals surface area contributed by atoms with Gasteiger partial charge in [0.2, 0.25) is 0 Å². The second kappa shape index (κ2) is 11.9.